The number of alkyl halides is 2. The number of amides is 1. The van der Waals surface area contributed by atoms with Crippen LogP contribution in [0.15, 0.2) is 42.5 Å². The first kappa shape index (κ1) is 17.0. The molecule has 1 unspecified atom stereocenters. The van der Waals surface area contributed by atoms with E-state index in [4.69, 9.17) is 9.47 Å². The Bertz CT molecular complexity index is 766. The first-order valence-corrected chi connectivity index (χ1v) is 7.78. The molecular formula is C18H17F2NO4. The van der Waals surface area contributed by atoms with Gasteiger partial charge in [0.25, 0.3) is 5.91 Å². The molecule has 0 saturated heterocycles. The number of hydrogen-bond donors (Lipinski definition) is 1. The van der Waals surface area contributed by atoms with Crippen molar-refractivity contribution in [1.82, 2.24) is 5.32 Å². The molecule has 0 fully saturated rings. The van der Waals surface area contributed by atoms with E-state index in [2.05, 4.69) is 10.1 Å². The van der Waals surface area contributed by atoms with Crippen molar-refractivity contribution in [2.75, 3.05) is 13.2 Å². The molecule has 0 saturated carbocycles. The zero-order chi connectivity index (χ0) is 17.8. The van der Waals surface area contributed by atoms with Gasteiger partial charge < -0.3 is 19.5 Å². The van der Waals surface area contributed by atoms with Crippen LogP contribution >= 0.6 is 0 Å². The van der Waals surface area contributed by atoms with Crippen LogP contribution in [0.3, 0.4) is 0 Å². The van der Waals surface area contributed by atoms with E-state index in [0.717, 1.165) is 5.56 Å². The molecule has 0 aliphatic carbocycles. The molecule has 1 amide bonds. The van der Waals surface area contributed by atoms with Crippen molar-refractivity contribution in [3.8, 4) is 17.2 Å². The summed E-state index contributed by atoms with van der Waals surface area (Å²) in [5.41, 5.74) is 1.08. The molecule has 0 radical (unpaired) electrons. The van der Waals surface area contributed by atoms with Crippen molar-refractivity contribution in [2.45, 2.75) is 19.6 Å². The van der Waals surface area contributed by atoms with Crippen LogP contribution in [0.4, 0.5) is 8.78 Å². The quantitative estimate of drug-likeness (QED) is 0.897. The van der Waals surface area contributed by atoms with Crippen molar-refractivity contribution in [2.24, 2.45) is 0 Å². The van der Waals surface area contributed by atoms with Crippen molar-refractivity contribution >= 4 is 5.91 Å². The molecule has 0 aromatic heterocycles. The number of carbonyl (C=O) groups is 1. The van der Waals surface area contributed by atoms with E-state index in [-0.39, 0.29) is 23.3 Å². The Morgan fingerprint density at radius 3 is 2.64 bits per heavy atom. The van der Waals surface area contributed by atoms with Crippen LogP contribution in [0.2, 0.25) is 0 Å². The zero-order valence-corrected chi connectivity index (χ0v) is 13.5. The number of nitrogens with one attached hydrogen (secondary N) is 1. The predicted octanol–water partition coefficient (Wildman–Crippen LogP) is 3.55. The maximum Gasteiger partial charge on any atom is 0.387 e. The number of halogens is 2. The van der Waals surface area contributed by atoms with Gasteiger partial charge in [-0.2, -0.15) is 8.78 Å². The Morgan fingerprint density at radius 2 is 1.88 bits per heavy atom. The van der Waals surface area contributed by atoms with E-state index < -0.39 is 6.61 Å². The SMILES string of the molecule is CC(NC(=O)c1cccc(OC(F)F)c1)c1ccc2c(c1)OCCO2. The third kappa shape index (κ3) is 4.17. The van der Waals surface area contributed by atoms with Crippen molar-refractivity contribution in [3.05, 3.63) is 53.6 Å². The van der Waals surface area contributed by atoms with E-state index in [9.17, 15) is 13.6 Å². The first-order valence-electron chi connectivity index (χ1n) is 7.78. The summed E-state index contributed by atoms with van der Waals surface area (Å²) in [4.78, 5) is 12.3. The Morgan fingerprint density at radius 1 is 1.12 bits per heavy atom. The second-order valence-corrected chi connectivity index (χ2v) is 5.50. The van der Waals surface area contributed by atoms with Crippen LogP contribution in [0.5, 0.6) is 17.2 Å². The highest BCUT2D eigenvalue weighted by molar-refractivity contribution is 5.94. The van der Waals surface area contributed by atoms with Gasteiger partial charge in [0.05, 0.1) is 6.04 Å². The van der Waals surface area contributed by atoms with Gasteiger partial charge in [-0.1, -0.05) is 12.1 Å². The summed E-state index contributed by atoms with van der Waals surface area (Å²) < 4.78 is 39.9. The second-order valence-electron chi connectivity index (χ2n) is 5.50. The van der Waals surface area contributed by atoms with Crippen LogP contribution in [-0.2, 0) is 0 Å². The number of carbonyl (C=O) groups excluding carboxylic acids is 1. The van der Waals surface area contributed by atoms with Crippen LogP contribution in [0, 0.1) is 0 Å². The predicted molar refractivity (Wildman–Crippen MR) is 86.4 cm³/mol. The van der Waals surface area contributed by atoms with E-state index in [1.807, 2.05) is 19.1 Å². The first-order chi connectivity index (χ1) is 12.0. The molecule has 1 aliphatic heterocycles. The summed E-state index contributed by atoms with van der Waals surface area (Å²) in [7, 11) is 0. The highest BCUT2D eigenvalue weighted by Gasteiger charge is 2.17. The average molecular weight is 349 g/mol. The van der Waals surface area contributed by atoms with E-state index in [1.54, 1.807) is 6.07 Å². The lowest BCUT2D eigenvalue weighted by Crippen LogP contribution is -2.27. The van der Waals surface area contributed by atoms with Gasteiger partial charge in [-0.15, -0.1) is 0 Å². The number of ether oxygens (including phenoxy) is 3. The molecule has 25 heavy (non-hydrogen) atoms. The molecule has 1 N–H and O–H groups in total. The van der Waals surface area contributed by atoms with Gasteiger partial charge in [-0.25, -0.2) is 0 Å². The van der Waals surface area contributed by atoms with Gasteiger partial charge in [-0.3, -0.25) is 4.79 Å². The topological polar surface area (TPSA) is 56.8 Å². The highest BCUT2D eigenvalue weighted by atomic mass is 19.3. The molecule has 2 aromatic carbocycles. The minimum atomic E-state index is -2.94. The smallest absolute Gasteiger partial charge is 0.387 e. The molecule has 1 aliphatic rings. The molecular weight excluding hydrogens is 332 g/mol. The van der Waals surface area contributed by atoms with Crippen molar-refractivity contribution in [3.63, 3.8) is 0 Å². The molecule has 0 spiro atoms. The third-order valence-corrected chi connectivity index (χ3v) is 3.74. The highest BCUT2D eigenvalue weighted by Crippen LogP contribution is 2.32. The third-order valence-electron chi connectivity index (χ3n) is 3.74. The van der Waals surface area contributed by atoms with Crippen LogP contribution < -0.4 is 19.5 Å². The Hall–Kier alpha value is -2.83. The van der Waals surface area contributed by atoms with Crippen molar-refractivity contribution in [1.29, 1.82) is 0 Å². The molecule has 1 atom stereocenters. The molecule has 7 heteroatoms. The molecule has 5 nitrogen and oxygen atoms in total. The van der Waals surface area contributed by atoms with Crippen molar-refractivity contribution < 1.29 is 27.8 Å². The fourth-order valence-corrected chi connectivity index (χ4v) is 2.51. The zero-order valence-electron chi connectivity index (χ0n) is 13.5. The minimum absolute atomic E-state index is 0.0605. The maximum atomic E-state index is 12.3. The number of fused-ring (bicyclic) bond motifs is 1. The molecule has 1 heterocycles. The summed E-state index contributed by atoms with van der Waals surface area (Å²) in [6, 6.07) is 10.8. The Labute approximate surface area is 143 Å². The summed E-state index contributed by atoms with van der Waals surface area (Å²) in [6.07, 6.45) is 0. The lowest BCUT2D eigenvalue weighted by atomic mass is 10.1. The van der Waals surface area contributed by atoms with Gasteiger partial charge in [0.1, 0.15) is 19.0 Å². The summed E-state index contributed by atoms with van der Waals surface area (Å²) in [5.74, 6) is 0.860. The lowest BCUT2D eigenvalue weighted by molar-refractivity contribution is -0.0498. The standard InChI is InChI=1S/C18H17F2NO4/c1-11(12-5-6-15-16(10-12)24-8-7-23-15)21-17(22)13-3-2-4-14(9-13)25-18(19)20/h2-6,9-11,18H,7-8H2,1H3,(H,21,22). The fraction of sp³-hybridized carbons (Fsp3) is 0.278. The summed E-state index contributed by atoms with van der Waals surface area (Å²) >= 11 is 0. The van der Waals surface area contributed by atoms with E-state index >= 15 is 0 Å². The lowest BCUT2D eigenvalue weighted by Gasteiger charge is -2.21. The average Bonchev–Trinajstić information content (AvgIpc) is 2.61. The minimum Gasteiger partial charge on any atom is -0.486 e. The van der Waals surface area contributed by atoms with Gasteiger partial charge >= 0.3 is 6.61 Å². The summed E-state index contributed by atoms with van der Waals surface area (Å²) in [6.45, 7) is -0.123. The van der Waals surface area contributed by atoms with Gasteiger partial charge in [0.15, 0.2) is 11.5 Å². The number of benzene rings is 2. The second kappa shape index (κ2) is 7.38. The Balaban J connectivity index is 1.70. The fourth-order valence-electron chi connectivity index (χ4n) is 2.51. The molecule has 3 rings (SSSR count). The van der Waals surface area contributed by atoms with Crippen LogP contribution in [0.1, 0.15) is 28.9 Å². The maximum absolute atomic E-state index is 12.3. The van der Waals surface area contributed by atoms with Gasteiger partial charge in [0, 0.05) is 5.56 Å². The van der Waals surface area contributed by atoms with Crippen LogP contribution in [0.25, 0.3) is 0 Å². The molecule has 132 valence electrons. The monoisotopic (exact) mass is 349 g/mol. The normalized spacial score (nSPS) is 14.1. The Kier molecular flexibility index (Phi) is 5.02. The molecule has 2 aromatic rings. The number of rotatable bonds is 5. The molecule has 0 bridgehead atoms. The van der Waals surface area contributed by atoms with E-state index in [0.29, 0.717) is 24.7 Å². The van der Waals surface area contributed by atoms with Crippen LogP contribution in [-0.4, -0.2) is 25.7 Å². The number of hydrogen-bond acceptors (Lipinski definition) is 4. The largest absolute Gasteiger partial charge is 0.486 e. The van der Waals surface area contributed by atoms with Gasteiger partial charge in [-0.05, 0) is 42.8 Å². The summed E-state index contributed by atoms with van der Waals surface area (Å²) in [5, 5.41) is 2.82. The van der Waals surface area contributed by atoms with Gasteiger partial charge in [0.2, 0.25) is 0 Å². The van der Waals surface area contributed by atoms with E-state index in [1.165, 1.54) is 24.3 Å².